The van der Waals surface area contributed by atoms with Gasteiger partial charge in [-0.2, -0.15) is 0 Å². The monoisotopic (exact) mass is 348 g/mol. The van der Waals surface area contributed by atoms with Gasteiger partial charge in [0, 0.05) is 25.2 Å². The van der Waals surface area contributed by atoms with Crippen LogP contribution in [-0.4, -0.2) is 62.1 Å². The van der Waals surface area contributed by atoms with Gasteiger partial charge < -0.3 is 16.0 Å². The molecule has 1 rings (SSSR count). The van der Waals surface area contributed by atoms with Crippen molar-refractivity contribution in [3.05, 3.63) is 0 Å². The van der Waals surface area contributed by atoms with E-state index in [0.717, 1.165) is 6.42 Å². The maximum absolute atomic E-state index is 11.9. The summed E-state index contributed by atoms with van der Waals surface area (Å²) in [7, 11) is -3.17. The van der Waals surface area contributed by atoms with Crippen LogP contribution in [0.4, 0.5) is 4.79 Å². The minimum absolute atomic E-state index is 0.0649. The van der Waals surface area contributed by atoms with Crippen molar-refractivity contribution in [2.24, 2.45) is 0 Å². The summed E-state index contributed by atoms with van der Waals surface area (Å²) in [6.45, 7) is 6.30. The molecule has 9 heteroatoms. The van der Waals surface area contributed by atoms with E-state index in [-0.39, 0.29) is 18.0 Å². The predicted octanol–water partition coefficient (Wildman–Crippen LogP) is 0.0128. The Kier molecular flexibility index (Phi) is 7.27. The van der Waals surface area contributed by atoms with Gasteiger partial charge in [0.15, 0.2) is 0 Å². The number of carbonyl (C=O) groups excluding carboxylic acids is 2. The molecule has 1 aliphatic heterocycles. The van der Waals surface area contributed by atoms with Crippen LogP contribution in [0.25, 0.3) is 0 Å². The zero-order valence-electron chi connectivity index (χ0n) is 14.3. The Labute approximate surface area is 138 Å². The molecule has 0 bridgehead atoms. The number of carbonyl (C=O) groups is 2. The van der Waals surface area contributed by atoms with Crippen LogP contribution in [0, 0.1) is 0 Å². The Morgan fingerprint density at radius 3 is 2.22 bits per heavy atom. The molecule has 0 aromatic rings. The van der Waals surface area contributed by atoms with Gasteiger partial charge in [0.05, 0.1) is 6.26 Å². The van der Waals surface area contributed by atoms with Crippen molar-refractivity contribution in [2.75, 3.05) is 19.3 Å². The van der Waals surface area contributed by atoms with E-state index in [1.807, 2.05) is 13.8 Å². The molecule has 2 unspecified atom stereocenters. The normalized spacial score (nSPS) is 19.7. The summed E-state index contributed by atoms with van der Waals surface area (Å²) < 4.78 is 24.3. The highest BCUT2D eigenvalue weighted by Gasteiger charge is 2.26. The number of nitrogens with zero attached hydrogens (tertiary/aromatic N) is 1. The Morgan fingerprint density at radius 1 is 1.17 bits per heavy atom. The third-order valence-electron chi connectivity index (χ3n) is 4.00. The highest BCUT2D eigenvalue weighted by Crippen LogP contribution is 2.12. The molecule has 0 aromatic heterocycles. The van der Waals surface area contributed by atoms with Crippen molar-refractivity contribution in [3.8, 4) is 0 Å². The smallest absolute Gasteiger partial charge is 0.315 e. The first kappa shape index (κ1) is 19.7. The molecule has 23 heavy (non-hydrogen) atoms. The van der Waals surface area contributed by atoms with Crippen LogP contribution in [0.5, 0.6) is 0 Å². The number of piperidine rings is 1. The third kappa shape index (κ3) is 6.74. The molecule has 3 amide bonds. The lowest BCUT2D eigenvalue weighted by atomic mass is 10.1. The Hall–Kier alpha value is -1.35. The standard InChI is InChI=1S/C14H28N4O4S/c1-5-10(2)15-13(19)11(3)16-14(20)17-12-6-8-18(9-7-12)23(4,21)22/h10-12H,5-9H2,1-4H3,(H,15,19)(H2,16,17,20). The Balaban J connectivity index is 2.36. The van der Waals surface area contributed by atoms with Crippen LogP contribution in [0.15, 0.2) is 0 Å². The van der Waals surface area contributed by atoms with Crippen molar-refractivity contribution >= 4 is 22.0 Å². The van der Waals surface area contributed by atoms with Gasteiger partial charge in [0.25, 0.3) is 0 Å². The first-order chi connectivity index (χ1) is 10.6. The summed E-state index contributed by atoms with van der Waals surface area (Å²) in [5, 5.41) is 8.20. The third-order valence-corrected chi connectivity index (χ3v) is 5.30. The molecule has 134 valence electrons. The van der Waals surface area contributed by atoms with Gasteiger partial charge >= 0.3 is 6.03 Å². The topological polar surface area (TPSA) is 108 Å². The van der Waals surface area contributed by atoms with Gasteiger partial charge in [-0.05, 0) is 33.1 Å². The number of hydrogen-bond acceptors (Lipinski definition) is 4. The average Bonchev–Trinajstić information content (AvgIpc) is 2.46. The van der Waals surface area contributed by atoms with Crippen LogP contribution in [0.1, 0.15) is 40.0 Å². The van der Waals surface area contributed by atoms with Crippen molar-refractivity contribution < 1.29 is 18.0 Å². The molecule has 0 radical (unpaired) electrons. The zero-order chi connectivity index (χ0) is 17.6. The van der Waals surface area contributed by atoms with Crippen molar-refractivity contribution in [1.29, 1.82) is 0 Å². The fraction of sp³-hybridized carbons (Fsp3) is 0.857. The molecule has 1 aliphatic rings. The van der Waals surface area contributed by atoms with E-state index in [1.165, 1.54) is 10.6 Å². The molecule has 0 saturated carbocycles. The summed E-state index contributed by atoms with van der Waals surface area (Å²) in [6.07, 6.45) is 3.14. The fourth-order valence-corrected chi connectivity index (χ4v) is 3.17. The van der Waals surface area contributed by atoms with E-state index in [2.05, 4.69) is 16.0 Å². The molecular formula is C14H28N4O4S. The van der Waals surface area contributed by atoms with Crippen LogP contribution in [0.2, 0.25) is 0 Å². The van der Waals surface area contributed by atoms with Crippen molar-refractivity contribution in [3.63, 3.8) is 0 Å². The first-order valence-corrected chi connectivity index (χ1v) is 9.80. The Morgan fingerprint density at radius 2 is 1.74 bits per heavy atom. The highest BCUT2D eigenvalue weighted by atomic mass is 32.2. The largest absolute Gasteiger partial charge is 0.352 e. The first-order valence-electron chi connectivity index (χ1n) is 7.96. The molecular weight excluding hydrogens is 320 g/mol. The van der Waals surface area contributed by atoms with Crippen LogP contribution in [0.3, 0.4) is 0 Å². The quantitative estimate of drug-likeness (QED) is 0.628. The van der Waals surface area contributed by atoms with Crippen LogP contribution in [-0.2, 0) is 14.8 Å². The number of sulfonamides is 1. The summed E-state index contributed by atoms with van der Waals surface area (Å²) in [5.41, 5.74) is 0. The van der Waals surface area contributed by atoms with Gasteiger partial charge in [-0.3, -0.25) is 4.79 Å². The summed E-state index contributed by atoms with van der Waals surface area (Å²) in [4.78, 5) is 23.8. The molecule has 1 heterocycles. The van der Waals surface area contributed by atoms with Crippen molar-refractivity contribution in [2.45, 2.75) is 58.2 Å². The molecule has 1 saturated heterocycles. The van der Waals surface area contributed by atoms with E-state index in [0.29, 0.717) is 25.9 Å². The number of amides is 3. The zero-order valence-corrected chi connectivity index (χ0v) is 15.1. The molecule has 0 aliphatic carbocycles. The second-order valence-corrected chi connectivity index (χ2v) is 8.08. The van der Waals surface area contributed by atoms with Crippen LogP contribution >= 0.6 is 0 Å². The number of nitrogens with one attached hydrogen (secondary N) is 3. The maximum Gasteiger partial charge on any atom is 0.315 e. The highest BCUT2D eigenvalue weighted by molar-refractivity contribution is 7.88. The molecule has 8 nitrogen and oxygen atoms in total. The van der Waals surface area contributed by atoms with E-state index in [4.69, 9.17) is 0 Å². The van der Waals surface area contributed by atoms with Gasteiger partial charge in [-0.1, -0.05) is 6.92 Å². The molecule has 1 fully saturated rings. The van der Waals surface area contributed by atoms with Gasteiger partial charge in [-0.25, -0.2) is 17.5 Å². The van der Waals surface area contributed by atoms with Crippen molar-refractivity contribution in [1.82, 2.24) is 20.3 Å². The van der Waals surface area contributed by atoms with E-state index in [1.54, 1.807) is 6.92 Å². The number of rotatable bonds is 6. The summed E-state index contributed by atoms with van der Waals surface area (Å²) >= 11 is 0. The summed E-state index contributed by atoms with van der Waals surface area (Å²) in [5.74, 6) is -0.221. The predicted molar refractivity (Wildman–Crippen MR) is 88.5 cm³/mol. The maximum atomic E-state index is 11.9. The molecule has 0 aromatic carbocycles. The lowest BCUT2D eigenvalue weighted by Gasteiger charge is -2.30. The Bertz CT molecular complexity index is 515. The summed E-state index contributed by atoms with van der Waals surface area (Å²) in [6, 6.07) is -1.05. The van der Waals surface area contributed by atoms with Crippen LogP contribution < -0.4 is 16.0 Å². The SMILES string of the molecule is CCC(C)NC(=O)C(C)NC(=O)NC1CCN(S(C)(=O)=O)CC1. The van der Waals surface area contributed by atoms with E-state index in [9.17, 15) is 18.0 Å². The minimum atomic E-state index is -3.17. The lowest BCUT2D eigenvalue weighted by Crippen LogP contribution is -2.53. The van der Waals surface area contributed by atoms with E-state index >= 15 is 0 Å². The average molecular weight is 348 g/mol. The van der Waals surface area contributed by atoms with E-state index < -0.39 is 22.1 Å². The number of hydrogen-bond donors (Lipinski definition) is 3. The second kappa shape index (κ2) is 8.49. The molecule has 3 N–H and O–H groups in total. The van der Waals surface area contributed by atoms with Gasteiger partial charge in [-0.15, -0.1) is 0 Å². The molecule has 2 atom stereocenters. The molecule has 0 spiro atoms. The lowest BCUT2D eigenvalue weighted by molar-refractivity contribution is -0.123. The van der Waals surface area contributed by atoms with Gasteiger partial charge in [0.2, 0.25) is 15.9 Å². The van der Waals surface area contributed by atoms with Gasteiger partial charge in [0.1, 0.15) is 6.04 Å². The minimum Gasteiger partial charge on any atom is -0.352 e. The second-order valence-electron chi connectivity index (χ2n) is 6.09. The number of urea groups is 1. The fourth-order valence-electron chi connectivity index (χ4n) is 2.29.